The number of anilines is 1. The van der Waals surface area contributed by atoms with Gasteiger partial charge in [0.1, 0.15) is 0 Å². The lowest BCUT2D eigenvalue weighted by Crippen LogP contribution is -2.07. The van der Waals surface area contributed by atoms with Crippen LogP contribution in [0, 0.1) is 6.92 Å². The van der Waals surface area contributed by atoms with Crippen LogP contribution in [-0.2, 0) is 12.6 Å². The Morgan fingerprint density at radius 1 is 1.12 bits per heavy atom. The summed E-state index contributed by atoms with van der Waals surface area (Å²) in [4.78, 5) is 6.37. The van der Waals surface area contributed by atoms with E-state index in [1.807, 2.05) is 50.3 Å². The van der Waals surface area contributed by atoms with Gasteiger partial charge < -0.3 is 16.4 Å². The number of aryl methyl sites for hydroxylation is 1. The number of aliphatic imine (C=N–C) groups is 1. The van der Waals surface area contributed by atoms with E-state index in [0.29, 0.717) is 17.1 Å². The van der Waals surface area contributed by atoms with Crippen molar-refractivity contribution in [2.45, 2.75) is 39.8 Å². The highest BCUT2D eigenvalue weighted by Crippen LogP contribution is 2.34. The molecule has 4 N–H and O–H groups in total. The first-order chi connectivity index (χ1) is 14.9. The molecule has 2 aromatic rings. The number of hydrogen-bond acceptors (Lipinski definition) is 3. The van der Waals surface area contributed by atoms with Crippen LogP contribution < -0.4 is 11.5 Å². The number of nitrogens with zero attached hydrogens (tertiary/aromatic N) is 2. The van der Waals surface area contributed by atoms with Crippen LogP contribution in [0.5, 0.6) is 0 Å². The predicted octanol–water partition coefficient (Wildman–Crippen LogP) is 6.06. The quantitative estimate of drug-likeness (QED) is 0.236. The van der Waals surface area contributed by atoms with E-state index in [9.17, 15) is 13.2 Å². The SMILES string of the molecule is CC/C=C(\C=C/N(C)C)c1cc(Cc2cc(N)cc(C(F)(F)F)c2)c(/N=C(/C)N)cc1C. The maximum Gasteiger partial charge on any atom is 0.416 e. The Labute approximate surface area is 188 Å². The predicted molar refractivity (Wildman–Crippen MR) is 128 cm³/mol. The van der Waals surface area contributed by atoms with Crippen molar-refractivity contribution in [2.75, 3.05) is 19.8 Å². The molecule has 0 bridgehead atoms. The van der Waals surface area contributed by atoms with Gasteiger partial charge in [0.2, 0.25) is 0 Å². The number of nitrogens with two attached hydrogens (primary N) is 2. The molecule has 0 amide bonds. The molecule has 0 atom stereocenters. The third-order valence-corrected chi connectivity index (χ3v) is 4.75. The van der Waals surface area contributed by atoms with Crippen molar-refractivity contribution in [3.05, 3.63) is 76.5 Å². The normalized spacial score (nSPS) is 13.1. The number of rotatable bonds is 7. The van der Waals surface area contributed by atoms with Gasteiger partial charge in [-0.05, 0) is 97.1 Å². The molecule has 0 aliphatic carbocycles. The van der Waals surface area contributed by atoms with Gasteiger partial charge in [0, 0.05) is 19.8 Å². The zero-order chi connectivity index (χ0) is 24.1. The monoisotopic (exact) mass is 444 g/mol. The molecule has 4 nitrogen and oxygen atoms in total. The molecule has 2 rings (SSSR count). The lowest BCUT2D eigenvalue weighted by atomic mass is 9.92. The van der Waals surface area contributed by atoms with Gasteiger partial charge in [-0.2, -0.15) is 13.2 Å². The van der Waals surface area contributed by atoms with E-state index < -0.39 is 11.7 Å². The lowest BCUT2D eigenvalue weighted by molar-refractivity contribution is -0.137. The molecule has 0 saturated heterocycles. The highest BCUT2D eigenvalue weighted by Gasteiger charge is 2.31. The minimum absolute atomic E-state index is 0.0719. The fourth-order valence-electron chi connectivity index (χ4n) is 3.41. The largest absolute Gasteiger partial charge is 0.416 e. The number of hydrogen-bond donors (Lipinski definition) is 2. The fourth-order valence-corrected chi connectivity index (χ4v) is 3.41. The molecule has 0 aliphatic rings. The Hall–Kier alpha value is -3.22. The average molecular weight is 445 g/mol. The molecule has 172 valence electrons. The van der Waals surface area contributed by atoms with Crippen molar-refractivity contribution in [3.8, 4) is 0 Å². The molecular weight excluding hydrogens is 413 g/mol. The highest BCUT2D eigenvalue weighted by atomic mass is 19.4. The Morgan fingerprint density at radius 2 is 1.81 bits per heavy atom. The molecular formula is C25H31F3N4. The third-order valence-electron chi connectivity index (χ3n) is 4.75. The van der Waals surface area contributed by atoms with Crippen LogP contribution >= 0.6 is 0 Å². The number of alkyl halides is 3. The van der Waals surface area contributed by atoms with Gasteiger partial charge in [0.15, 0.2) is 0 Å². The summed E-state index contributed by atoms with van der Waals surface area (Å²) >= 11 is 0. The van der Waals surface area contributed by atoms with E-state index >= 15 is 0 Å². The number of benzene rings is 2. The van der Waals surface area contributed by atoms with Gasteiger partial charge in [-0.1, -0.05) is 13.0 Å². The minimum atomic E-state index is -4.47. The van der Waals surface area contributed by atoms with E-state index in [0.717, 1.165) is 40.8 Å². The minimum Gasteiger partial charge on any atom is -0.399 e. The molecule has 0 saturated carbocycles. The van der Waals surface area contributed by atoms with Gasteiger partial charge in [-0.15, -0.1) is 0 Å². The standard InChI is InChI=1S/C25H31F3N4/c1-6-7-19(8-9-32(4)5)23-14-20(24(10-16(23)2)31-17(3)29)11-18-12-21(25(26,27)28)15-22(30)13-18/h7-10,12-15H,6,11,30H2,1-5H3,(H2,29,31)/b9-8-,19-7+. The maximum atomic E-state index is 13.3. The molecule has 0 spiro atoms. The second kappa shape index (κ2) is 10.4. The number of halogens is 3. The first-order valence-electron chi connectivity index (χ1n) is 10.4. The Morgan fingerprint density at radius 3 is 2.38 bits per heavy atom. The summed E-state index contributed by atoms with van der Waals surface area (Å²) in [7, 11) is 3.89. The van der Waals surface area contributed by atoms with Crippen LogP contribution in [0.3, 0.4) is 0 Å². The summed E-state index contributed by atoms with van der Waals surface area (Å²) < 4.78 is 39.8. The number of nitrogen functional groups attached to an aromatic ring is 1. The van der Waals surface area contributed by atoms with Crippen LogP contribution in [-0.4, -0.2) is 24.8 Å². The summed E-state index contributed by atoms with van der Waals surface area (Å²) in [5.74, 6) is 0.374. The topological polar surface area (TPSA) is 67.6 Å². The first-order valence-corrected chi connectivity index (χ1v) is 10.4. The van der Waals surface area contributed by atoms with E-state index in [4.69, 9.17) is 11.5 Å². The summed E-state index contributed by atoms with van der Waals surface area (Å²) in [6.45, 7) is 5.72. The molecule has 0 radical (unpaired) electrons. The van der Waals surface area contributed by atoms with Crippen molar-refractivity contribution in [3.63, 3.8) is 0 Å². The van der Waals surface area contributed by atoms with Crippen molar-refractivity contribution in [1.29, 1.82) is 0 Å². The van der Waals surface area contributed by atoms with E-state index in [1.54, 1.807) is 13.0 Å². The summed E-state index contributed by atoms with van der Waals surface area (Å²) in [6.07, 6.45) is 2.72. The summed E-state index contributed by atoms with van der Waals surface area (Å²) in [5, 5.41) is 0. The average Bonchev–Trinajstić information content (AvgIpc) is 2.65. The summed E-state index contributed by atoms with van der Waals surface area (Å²) in [6, 6.07) is 7.54. The van der Waals surface area contributed by atoms with Gasteiger partial charge >= 0.3 is 6.18 Å². The van der Waals surface area contributed by atoms with Crippen molar-refractivity contribution < 1.29 is 13.2 Å². The highest BCUT2D eigenvalue weighted by molar-refractivity contribution is 5.83. The Kier molecular flexibility index (Phi) is 8.14. The Bertz CT molecular complexity index is 1040. The molecule has 0 fully saturated rings. The molecule has 0 unspecified atom stereocenters. The van der Waals surface area contributed by atoms with Crippen LogP contribution in [0.4, 0.5) is 24.5 Å². The smallest absolute Gasteiger partial charge is 0.399 e. The fraction of sp³-hybridized carbons (Fsp3) is 0.320. The third kappa shape index (κ3) is 6.90. The van der Waals surface area contributed by atoms with Gasteiger partial charge in [-0.25, -0.2) is 4.99 Å². The molecule has 32 heavy (non-hydrogen) atoms. The first kappa shape index (κ1) is 25.0. The molecule has 0 aliphatic heterocycles. The molecule has 7 heteroatoms. The van der Waals surface area contributed by atoms with Crippen LogP contribution in [0.25, 0.3) is 5.57 Å². The lowest BCUT2D eigenvalue weighted by Gasteiger charge is -2.16. The van der Waals surface area contributed by atoms with Crippen LogP contribution in [0.15, 0.2) is 53.7 Å². The number of amidine groups is 1. The van der Waals surface area contributed by atoms with E-state index in [1.165, 1.54) is 0 Å². The zero-order valence-electron chi connectivity index (χ0n) is 19.2. The molecule has 0 aromatic heterocycles. The maximum absolute atomic E-state index is 13.3. The number of allylic oxidation sites excluding steroid dienone is 3. The van der Waals surface area contributed by atoms with Crippen molar-refractivity contribution in [1.82, 2.24) is 4.90 Å². The second-order valence-electron chi connectivity index (χ2n) is 8.03. The van der Waals surface area contributed by atoms with Gasteiger partial charge in [-0.3, -0.25) is 0 Å². The second-order valence-corrected chi connectivity index (χ2v) is 8.03. The van der Waals surface area contributed by atoms with Crippen molar-refractivity contribution in [2.24, 2.45) is 10.7 Å². The zero-order valence-corrected chi connectivity index (χ0v) is 19.2. The van der Waals surface area contributed by atoms with Gasteiger partial charge in [0.25, 0.3) is 0 Å². The summed E-state index contributed by atoms with van der Waals surface area (Å²) in [5.41, 5.74) is 15.8. The molecule has 2 aromatic carbocycles. The van der Waals surface area contributed by atoms with Crippen LogP contribution in [0.2, 0.25) is 0 Å². The van der Waals surface area contributed by atoms with Crippen LogP contribution in [0.1, 0.15) is 48.1 Å². The van der Waals surface area contributed by atoms with E-state index in [2.05, 4.69) is 18.0 Å². The van der Waals surface area contributed by atoms with Gasteiger partial charge in [0.05, 0.1) is 17.1 Å². The van der Waals surface area contributed by atoms with E-state index in [-0.39, 0.29) is 12.1 Å². The molecule has 0 heterocycles. The van der Waals surface area contributed by atoms with Crippen molar-refractivity contribution >= 4 is 22.8 Å². The Balaban J connectivity index is 2.65.